The zero-order chi connectivity index (χ0) is 16.7. The lowest BCUT2D eigenvalue weighted by atomic mass is 9.90. The Morgan fingerprint density at radius 2 is 2.21 bits per heavy atom. The van der Waals surface area contributed by atoms with Gasteiger partial charge in [-0.15, -0.1) is 11.3 Å². The molecule has 1 aliphatic carbocycles. The van der Waals surface area contributed by atoms with Crippen LogP contribution in [0.3, 0.4) is 0 Å². The van der Waals surface area contributed by atoms with Gasteiger partial charge in [0.25, 0.3) is 0 Å². The molecule has 2 heterocycles. The summed E-state index contributed by atoms with van der Waals surface area (Å²) in [5.41, 5.74) is 2.98. The predicted octanol–water partition coefficient (Wildman–Crippen LogP) is 4.68. The number of rotatable bonds is 4. The minimum atomic E-state index is -0.320. The number of hydrogen-bond acceptors (Lipinski definition) is 5. The van der Waals surface area contributed by atoms with Crippen molar-refractivity contribution in [2.75, 3.05) is 13.7 Å². The van der Waals surface area contributed by atoms with Crippen LogP contribution in [-0.4, -0.2) is 25.6 Å². The van der Waals surface area contributed by atoms with E-state index < -0.39 is 0 Å². The molecule has 1 fully saturated rings. The van der Waals surface area contributed by atoms with E-state index in [9.17, 15) is 4.79 Å². The van der Waals surface area contributed by atoms with E-state index in [1.807, 2.05) is 6.07 Å². The second kappa shape index (κ2) is 6.30. The van der Waals surface area contributed by atoms with Crippen LogP contribution in [0.5, 0.6) is 0 Å². The Morgan fingerprint density at radius 3 is 2.96 bits per heavy atom. The van der Waals surface area contributed by atoms with Crippen LogP contribution < -0.4 is 0 Å². The highest BCUT2D eigenvalue weighted by Gasteiger charge is 2.44. The van der Waals surface area contributed by atoms with Crippen LogP contribution >= 0.6 is 23.1 Å². The molecule has 0 N–H and O–H groups in total. The Hall–Kier alpha value is -1.14. The number of fused-ring (bicyclic) bond motifs is 1. The highest BCUT2D eigenvalue weighted by atomic mass is 32.2. The molecule has 0 radical (unpaired) electrons. The Labute approximate surface area is 150 Å². The van der Waals surface area contributed by atoms with Gasteiger partial charge in [0.15, 0.2) is 5.78 Å². The first kappa shape index (κ1) is 16.3. The molecule has 4 rings (SSSR count). The molecule has 2 aromatic rings. The maximum Gasteiger partial charge on any atom is 0.163 e. The van der Waals surface area contributed by atoms with Gasteiger partial charge >= 0.3 is 0 Å². The number of thiophene rings is 1. The Morgan fingerprint density at radius 1 is 1.33 bits per heavy atom. The van der Waals surface area contributed by atoms with Crippen molar-refractivity contribution in [2.45, 2.75) is 47.0 Å². The van der Waals surface area contributed by atoms with E-state index in [2.05, 4.69) is 30.5 Å². The summed E-state index contributed by atoms with van der Waals surface area (Å²) in [5.74, 6) is 0.275. The van der Waals surface area contributed by atoms with Crippen LogP contribution in [0.25, 0.3) is 0 Å². The van der Waals surface area contributed by atoms with Crippen LogP contribution in [0.1, 0.15) is 41.3 Å². The van der Waals surface area contributed by atoms with Crippen molar-refractivity contribution in [1.82, 2.24) is 0 Å². The first-order chi connectivity index (χ1) is 11.6. The topological polar surface area (TPSA) is 35.5 Å². The van der Waals surface area contributed by atoms with Crippen molar-refractivity contribution in [1.29, 1.82) is 0 Å². The van der Waals surface area contributed by atoms with Gasteiger partial charge in [-0.3, -0.25) is 4.79 Å². The number of benzene rings is 1. The fourth-order valence-electron chi connectivity index (χ4n) is 3.69. The number of carbonyl (C=O) groups is 1. The summed E-state index contributed by atoms with van der Waals surface area (Å²) in [5, 5.41) is 2.19. The summed E-state index contributed by atoms with van der Waals surface area (Å²) in [6.07, 6.45) is 2.49. The maximum atomic E-state index is 11.8. The molecule has 1 saturated heterocycles. The zero-order valence-corrected chi connectivity index (χ0v) is 15.5. The van der Waals surface area contributed by atoms with Gasteiger partial charge in [0, 0.05) is 30.4 Å². The normalized spacial score (nSPS) is 26.1. The lowest BCUT2D eigenvalue weighted by Crippen LogP contribution is -2.35. The Balaban J connectivity index is 1.57. The molecule has 0 spiro atoms. The molecule has 0 bridgehead atoms. The molecule has 1 aromatic carbocycles. The molecule has 1 aliphatic heterocycles. The van der Waals surface area contributed by atoms with Crippen LogP contribution in [0.15, 0.2) is 38.8 Å². The monoisotopic (exact) mass is 360 g/mol. The summed E-state index contributed by atoms with van der Waals surface area (Å²) >= 11 is 3.50. The van der Waals surface area contributed by atoms with Gasteiger partial charge in [0.1, 0.15) is 5.60 Å². The summed E-state index contributed by atoms with van der Waals surface area (Å²) in [6, 6.07) is 8.42. The third-order valence-corrected chi connectivity index (χ3v) is 7.21. The minimum absolute atomic E-state index is 0.0703. The fourth-order valence-corrected chi connectivity index (χ4v) is 5.78. The lowest BCUT2D eigenvalue weighted by molar-refractivity contribution is -0.0645. The highest BCUT2D eigenvalue weighted by Crippen LogP contribution is 2.44. The largest absolute Gasteiger partial charge is 0.375 e. The number of carbonyl (C=O) groups excluding carboxylic acids is 1. The van der Waals surface area contributed by atoms with Gasteiger partial charge in [-0.1, -0.05) is 17.8 Å². The van der Waals surface area contributed by atoms with Crippen LogP contribution in [-0.2, 0) is 21.5 Å². The molecule has 2 atom stereocenters. The number of aryl methyl sites for hydroxylation is 1. The quantitative estimate of drug-likeness (QED) is 0.793. The van der Waals surface area contributed by atoms with Crippen LogP contribution in [0.2, 0.25) is 0 Å². The fraction of sp³-hybridized carbons (Fsp3) is 0.421. The third-order valence-electron chi connectivity index (χ3n) is 5.14. The predicted molar refractivity (Wildman–Crippen MR) is 96.3 cm³/mol. The van der Waals surface area contributed by atoms with E-state index in [0.717, 1.165) is 25.0 Å². The number of ether oxygens (including phenoxy) is 2. The van der Waals surface area contributed by atoms with E-state index in [1.165, 1.54) is 20.2 Å². The van der Waals surface area contributed by atoms with Crippen LogP contribution in [0.4, 0.5) is 0 Å². The Bertz CT molecular complexity index is 783. The van der Waals surface area contributed by atoms with E-state index in [4.69, 9.17) is 9.47 Å². The summed E-state index contributed by atoms with van der Waals surface area (Å²) < 4.78 is 12.9. The number of hydrogen-bond donors (Lipinski definition) is 0. The van der Waals surface area contributed by atoms with Gasteiger partial charge in [0.05, 0.1) is 16.9 Å². The minimum Gasteiger partial charge on any atom is -0.375 e. The number of ketones is 1. The van der Waals surface area contributed by atoms with Gasteiger partial charge in [-0.2, -0.15) is 0 Å². The molecule has 0 amide bonds. The van der Waals surface area contributed by atoms with Crippen molar-refractivity contribution in [3.63, 3.8) is 0 Å². The van der Waals surface area contributed by atoms with Gasteiger partial charge < -0.3 is 9.47 Å². The van der Waals surface area contributed by atoms with Crippen molar-refractivity contribution in [2.24, 2.45) is 0 Å². The molecule has 126 valence electrons. The summed E-state index contributed by atoms with van der Waals surface area (Å²) in [6.45, 7) is 2.82. The lowest BCUT2D eigenvalue weighted by Gasteiger charge is -2.30. The SMILES string of the molecule is COC1(c2csc(Sc3ccc4c(c3)CCC4=O)c2)CCOC1C. The highest BCUT2D eigenvalue weighted by molar-refractivity contribution is 8.01. The number of methoxy groups -OCH3 is 1. The standard InChI is InChI=1S/C19H20O3S2/c1-12-19(21-2,7-8-22-12)14-10-18(23-11-14)24-15-4-5-16-13(9-15)3-6-17(16)20/h4-5,9-12H,3,6-8H2,1-2H3. The van der Waals surface area contributed by atoms with Crippen molar-refractivity contribution < 1.29 is 14.3 Å². The maximum absolute atomic E-state index is 11.8. The zero-order valence-electron chi connectivity index (χ0n) is 13.8. The summed E-state index contributed by atoms with van der Waals surface area (Å²) in [7, 11) is 1.77. The average molecular weight is 361 g/mol. The first-order valence-corrected chi connectivity index (χ1v) is 9.92. The second-order valence-electron chi connectivity index (χ2n) is 6.36. The molecule has 24 heavy (non-hydrogen) atoms. The molecule has 0 saturated carbocycles. The third kappa shape index (κ3) is 2.64. The molecule has 1 aromatic heterocycles. The molecule has 3 nitrogen and oxygen atoms in total. The van der Waals surface area contributed by atoms with E-state index >= 15 is 0 Å². The molecule has 2 aliphatic rings. The molecular weight excluding hydrogens is 340 g/mol. The van der Waals surface area contributed by atoms with E-state index in [0.29, 0.717) is 6.42 Å². The smallest absolute Gasteiger partial charge is 0.163 e. The molecular formula is C19H20O3S2. The van der Waals surface area contributed by atoms with E-state index in [1.54, 1.807) is 30.2 Å². The van der Waals surface area contributed by atoms with Crippen LogP contribution in [0, 0.1) is 0 Å². The van der Waals surface area contributed by atoms with Gasteiger partial charge in [-0.25, -0.2) is 0 Å². The number of Topliss-reactive ketones (excluding diaryl/α,β-unsaturated/α-hetero) is 1. The molecule has 5 heteroatoms. The van der Waals surface area contributed by atoms with Crippen molar-refractivity contribution >= 4 is 28.9 Å². The Kier molecular flexibility index (Phi) is 4.29. The average Bonchev–Trinajstić information content (AvgIpc) is 3.28. The first-order valence-electron chi connectivity index (χ1n) is 8.22. The van der Waals surface area contributed by atoms with Gasteiger partial charge in [0.2, 0.25) is 0 Å². The second-order valence-corrected chi connectivity index (χ2v) is 8.64. The van der Waals surface area contributed by atoms with Gasteiger partial charge in [-0.05, 0) is 48.1 Å². The van der Waals surface area contributed by atoms with Crippen molar-refractivity contribution in [3.8, 4) is 0 Å². The van der Waals surface area contributed by atoms with Crippen molar-refractivity contribution in [3.05, 3.63) is 46.3 Å². The summed E-state index contributed by atoms with van der Waals surface area (Å²) in [4.78, 5) is 12.9. The van der Waals surface area contributed by atoms with E-state index in [-0.39, 0.29) is 17.5 Å². The molecule has 2 unspecified atom stereocenters.